The normalized spacial score (nSPS) is 10.7. The number of aryl methyl sites for hydroxylation is 1. The first-order chi connectivity index (χ1) is 8.66. The van der Waals surface area contributed by atoms with E-state index in [4.69, 9.17) is 4.74 Å². The van der Waals surface area contributed by atoms with Gasteiger partial charge in [-0.15, -0.1) is 0 Å². The van der Waals surface area contributed by atoms with E-state index in [9.17, 15) is 0 Å². The van der Waals surface area contributed by atoms with E-state index in [0.29, 0.717) is 12.5 Å². The van der Waals surface area contributed by atoms with E-state index < -0.39 is 0 Å². The zero-order valence-electron chi connectivity index (χ0n) is 11.3. The first-order valence-electron chi connectivity index (χ1n) is 6.44. The molecule has 0 aliphatic carbocycles. The van der Waals surface area contributed by atoms with Crippen molar-refractivity contribution < 1.29 is 4.74 Å². The van der Waals surface area contributed by atoms with Gasteiger partial charge in [-0.05, 0) is 41.7 Å². The fraction of sp³-hybridized carbons (Fsp3) is 0.294. The van der Waals surface area contributed by atoms with Crippen molar-refractivity contribution in [2.75, 3.05) is 0 Å². The van der Waals surface area contributed by atoms with Gasteiger partial charge in [-0.1, -0.05) is 50.2 Å². The van der Waals surface area contributed by atoms with Gasteiger partial charge in [-0.3, -0.25) is 0 Å². The molecular weight excluding hydrogens is 220 g/mol. The first kappa shape index (κ1) is 12.7. The molecule has 0 N–H and O–H groups in total. The van der Waals surface area contributed by atoms with E-state index in [2.05, 4.69) is 57.2 Å². The Kier molecular flexibility index (Phi) is 4.03. The lowest BCUT2D eigenvalue weighted by Crippen LogP contribution is -2.01. The lowest BCUT2D eigenvalue weighted by atomic mass is 9.98. The van der Waals surface area contributed by atoms with E-state index in [-0.39, 0.29) is 0 Å². The van der Waals surface area contributed by atoms with Gasteiger partial charge in [0.25, 0.3) is 0 Å². The molecule has 1 nitrogen and oxygen atoms in total. The van der Waals surface area contributed by atoms with Crippen LogP contribution in [0.5, 0.6) is 5.75 Å². The fourth-order valence-corrected chi connectivity index (χ4v) is 2.10. The monoisotopic (exact) mass is 240 g/mol. The topological polar surface area (TPSA) is 9.23 Å². The maximum atomic E-state index is 5.86. The Morgan fingerprint density at radius 2 is 1.78 bits per heavy atom. The Bertz CT molecular complexity index is 515. The van der Waals surface area contributed by atoms with E-state index in [0.717, 1.165) is 5.75 Å². The van der Waals surface area contributed by atoms with Crippen LogP contribution in [-0.4, -0.2) is 0 Å². The average Bonchev–Trinajstić information content (AvgIpc) is 2.37. The molecule has 0 radical (unpaired) electrons. The van der Waals surface area contributed by atoms with Crippen LogP contribution in [0.15, 0.2) is 48.5 Å². The molecule has 2 rings (SSSR count). The summed E-state index contributed by atoms with van der Waals surface area (Å²) < 4.78 is 5.86. The summed E-state index contributed by atoms with van der Waals surface area (Å²) in [6.45, 7) is 7.14. The maximum absolute atomic E-state index is 5.86. The number of hydrogen-bond donors (Lipinski definition) is 0. The van der Waals surface area contributed by atoms with Crippen LogP contribution >= 0.6 is 0 Å². The molecule has 1 heteroatoms. The third kappa shape index (κ3) is 3.13. The molecule has 2 aromatic carbocycles. The highest BCUT2D eigenvalue weighted by atomic mass is 16.5. The molecule has 0 bridgehead atoms. The van der Waals surface area contributed by atoms with Gasteiger partial charge in [0.1, 0.15) is 12.4 Å². The van der Waals surface area contributed by atoms with Crippen LogP contribution in [-0.2, 0) is 6.61 Å². The Morgan fingerprint density at radius 3 is 2.50 bits per heavy atom. The number of ether oxygens (including phenoxy) is 1. The summed E-state index contributed by atoms with van der Waals surface area (Å²) in [5, 5.41) is 0. The molecule has 0 aliphatic heterocycles. The molecule has 2 aromatic rings. The molecule has 0 saturated heterocycles. The second-order valence-corrected chi connectivity index (χ2v) is 4.96. The van der Waals surface area contributed by atoms with E-state index >= 15 is 0 Å². The van der Waals surface area contributed by atoms with Crippen molar-refractivity contribution in [1.82, 2.24) is 0 Å². The van der Waals surface area contributed by atoms with Gasteiger partial charge in [0.15, 0.2) is 0 Å². The van der Waals surface area contributed by atoms with Crippen LogP contribution in [0.1, 0.15) is 36.5 Å². The summed E-state index contributed by atoms with van der Waals surface area (Å²) >= 11 is 0. The third-order valence-corrected chi connectivity index (χ3v) is 3.06. The SMILES string of the molecule is Cc1cccc(OCc2ccccc2C(C)C)c1. The largest absolute Gasteiger partial charge is 0.489 e. The van der Waals surface area contributed by atoms with Crippen LogP contribution in [0.2, 0.25) is 0 Å². The fourth-order valence-electron chi connectivity index (χ4n) is 2.10. The second kappa shape index (κ2) is 5.72. The van der Waals surface area contributed by atoms with Gasteiger partial charge in [-0.2, -0.15) is 0 Å². The molecule has 0 atom stereocenters. The van der Waals surface area contributed by atoms with Crippen LogP contribution < -0.4 is 4.74 Å². The summed E-state index contributed by atoms with van der Waals surface area (Å²) in [7, 11) is 0. The Labute approximate surface area is 109 Å². The third-order valence-electron chi connectivity index (χ3n) is 3.06. The summed E-state index contributed by atoms with van der Waals surface area (Å²) in [4.78, 5) is 0. The molecule has 0 aromatic heterocycles. The highest BCUT2D eigenvalue weighted by molar-refractivity contribution is 5.31. The molecule has 0 saturated carbocycles. The second-order valence-electron chi connectivity index (χ2n) is 4.96. The quantitative estimate of drug-likeness (QED) is 0.752. The van der Waals surface area contributed by atoms with Crippen LogP contribution in [0.4, 0.5) is 0 Å². The molecule has 0 spiro atoms. The van der Waals surface area contributed by atoms with Crippen LogP contribution in [0, 0.1) is 6.92 Å². The molecule has 18 heavy (non-hydrogen) atoms. The van der Waals surface area contributed by atoms with Crippen molar-refractivity contribution in [3.63, 3.8) is 0 Å². The number of benzene rings is 2. The van der Waals surface area contributed by atoms with Crippen molar-refractivity contribution in [2.24, 2.45) is 0 Å². The first-order valence-corrected chi connectivity index (χ1v) is 6.44. The summed E-state index contributed by atoms with van der Waals surface area (Å²) in [5.74, 6) is 1.47. The van der Waals surface area contributed by atoms with Crippen molar-refractivity contribution in [1.29, 1.82) is 0 Å². The van der Waals surface area contributed by atoms with Gasteiger partial charge >= 0.3 is 0 Å². The molecule has 0 unspecified atom stereocenters. The van der Waals surface area contributed by atoms with Crippen molar-refractivity contribution >= 4 is 0 Å². The predicted molar refractivity (Wildman–Crippen MR) is 76.0 cm³/mol. The van der Waals surface area contributed by atoms with E-state index in [1.54, 1.807) is 0 Å². The van der Waals surface area contributed by atoms with Gasteiger partial charge in [0, 0.05) is 0 Å². The smallest absolute Gasteiger partial charge is 0.120 e. The minimum Gasteiger partial charge on any atom is -0.489 e. The molecule has 0 heterocycles. The Hall–Kier alpha value is -1.76. The minimum absolute atomic E-state index is 0.530. The van der Waals surface area contributed by atoms with Crippen LogP contribution in [0.3, 0.4) is 0 Å². The lowest BCUT2D eigenvalue weighted by Gasteiger charge is -2.13. The number of rotatable bonds is 4. The average molecular weight is 240 g/mol. The highest BCUT2D eigenvalue weighted by Gasteiger charge is 2.06. The van der Waals surface area contributed by atoms with Crippen molar-refractivity contribution in [2.45, 2.75) is 33.3 Å². The Morgan fingerprint density at radius 1 is 1.00 bits per heavy atom. The maximum Gasteiger partial charge on any atom is 0.120 e. The standard InChI is InChI=1S/C17H20O/c1-13(2)17-10-5-4-8-15(17)12-18-16-9-6-7-14(3)11-16/h4-11,13H,12H2,1-3H3. The van der Waals surface area contributed by atoms with Gasteiger partial charge in [0.05, 0.1) is 0 Å². The van der Waals surface area contributed by atoms with Gasteiger partial charge in [0.2, 0.25) is 0 Å². The predicted octanol–water partition coefficient (Wildman–Crippen LogP) is 4.70. The summed E-state index contributed by atoms with van der Waals surface area (Å²) in [6.07, 6.45) is 0. The molecule has 0 amide bonds. The van der Waals surface area contributed by atoms with E-state index in [1.807, 2.05) is 12.1 Å². The number of hydrogen-bond acceptors (Lipinski definition) is 1. The van der Waals surface area contributed by atoms with Crippen molar-refractivity contribution in [3.05, 3.63) is 65.2 Å². The van der Waals surface area contributed by atoms with Gasteiger partial charge < -0.3 is 4.74 Å². The molecule has 94 valence electrons. The summed E-state index contributed by atoms with van der Waals surface area (Å²) in [6, 6.07) is 16.7. The molecule has 0 aliphatic rings. The zero-order valence-corrected chi connectivity index (χ0v) is 11.3. The Balaban J connectivity index is 2.11. The van der Waals surface area contributed by atoms with Gasteiger partial charge in [-0.25, -0.2) is 0 Å². The lowest BCUT2D eigenvalue weighted by molar-refractivity contribution is 0.304. The minimum atomic E-state index is 0.530. The zero-order chi connectivity index (χ0) is 13.0. The molecular formula is C17H20O. The van der Waals surface area contributed by atoms with E-state index in [1.165, 1.54) is 16.7 Å². The summed E-state index contributed by atoms with van der Waals surface area (Å²) in [5.41, 5.74) is 3.86. The van der Waals surface area contributed by atoms with Crippen molar-refractivity contribution in [3.8, 4) is 5.75 Å². The van der Waals surface area contributed by atoms with Crippen LogP contribution in [0.25, 0.3) is 0 Å². The molecule has 0 fully saturated rings. The highest BCUT2D eigenvalue weighted by Crippen LogP contribution is 2.21.